The summed E-state index contributed by atoms with van der Waals surface area (Å²) in [6, 6.07) is 26.4. The zero-order valence-corrected chi connectivity index (χ0v) is 17.2. The highest BCUT2D eigenvalue weighted by atomic mass is 32.2. The molecule has 0 fully saturated rings. The topological polar surface area (TPSA) is 55.4 Å². The Hall–Kier alpha value is -3.05. The van der Waals surface area contributed by atoms with Crippen molar-refractivity contribution in [2.24, 2.45) is 0 Å². The van der Waals surface area contributed by atoms with Gasteiger partial charge in [0.1, 0.15) is 5.92 Å². The highest BCUT2D eigenvalue weighted by Crippen LogP contribution is 2.27. The number of esters is 1. The van der Waals surface area contributed by atoms with Gasteiger partial charge in [0, 0.05) is 4.90 Å². The molecule has 0 unspecified atom stereocenters. The number of hydrogen-bond acceptors (Lipinski definition) is 4. The molecular weight excluding hydrogens is 382 g/mol. The highest BCUT2D eigenvalue weighted by molar-refractivity contribution is 7.98. The fourth-order valence-corrected chi connectivity index (χ4v) is 3.59. The molecule has 0 heterocycles. The summed E-state index contributed by atoms with van der Waals surface area (Å²) in [7, 11) is 0. The van der Waals surface area contributed by atoms with Gasteiger partial charge in [0.2, 0.25) is 0 Å². The first-order valence-electron chi connectivity index (χ1n) is 9.34. The van der Waals surface area contributed by atoms with E-state index in [0.29, 0.717) is 5.69 Å². The lowest BCUT2D eigenvalue weighted by Gasteiger charge is -2.20. The molecule has 1 amide bonds. The second-order valence-electron chi connectivity index (χ2n) is 6.52. The molecule has 0 radical (unpaired) electrons. The zero-order chi connectivity index (χ0) is 20.6. The van der Waals surface area contributed by atoms with Gasteiger partial charge in [-0.05, 0) is 36.4 Å². The van der Waals surface area contributed by atoms with E-state index in [0.717, 1.165) is 16.0 Å². The number of hydrogen-bond donors (Lipinski definition) is 1. The van der Waals surface area contributed by atoms with E-state index < -0.39 is 18.0 Å². The minimum absolute atomic E-state index is 0.361. The van der Waals surface area contributed by atoms with Crippen molar-refractivity contribution in [3.05, 3.63) is 96.1 Å². The monoisotopic (exact) mass is 405 g/mol. The molecule has 5 heteroatoms. The van der Waals surface area contributed by atoms with E-state index in [4.69, 9.17) is 4.74 Å². The Labute approximate surface area is 175 Å². The van der Waals surface area contributed by atoms with Crippen molar-refractivity contribution in [1.82, 2.24) is 0 Å². The summed E-state index contributed by atoms with van der Waals surface area (Å²) >= 11 is 1.54. The summed E-state index contributed by atoms with van der Waals surface area (Å²) in [6.45, 7) is 1.59. The van der Waals surface area contributed by atoms with Crippen LogP contribution < -0.4 is 5.32 Å². The normalized spacial score (nSPS) is 11.7. The van der Waals surface area contributed by atoms with Gasteiger partial charge in [-0.2, -0.15) is 0 Å². The van der Waals surface area contributed by atoms with Gasteiger partial charge in [-0.3, -0.25) is 9.59 Å². The third-order valence-electron chi connectivity index (χ3n) is 4.53. The van der Waals surface area contributed by atoms with Crippen LogP contribution in [0.15, 0.2) is 89.8 Å². The fourth-order valence-electron chi connectivity index (χ4n) is 3.03. The minimum atomic E-state index is -0.924. The molecule has 148 valence electrons. The summed E-state index contributed by atoms with van der Waals surface area (Å²) < 4.78 is 5.57. The van der Waals surface area contributed by atoms with E-state index >= 15 is 0 Å². The van der Waals surface area contributed by atoms with Gasteiger partial charge in [-0.25, -0.2) is 0 Å². The molecular formula is C24H23NO3S. The number of amides is 1. The summed E-state index contributed by atoms with van der Waals surface area (Å²) in [4.78, 5) is 26.6. The molecule has 29 heavy (non-hydrogen) atoms. The van der Waals surface area contributed by atoms with E-state index in [1.807, 2.05) is 91.2 Å². The maximum Gasteiger partial charge on any atom is 0.318 e. The van der Waals surface area contributed by atoms with E-state index in [2.05, 4.69) is 5.32 Å². The molecule has 1 N–H and O–H groups in total. The van der Waals surface area contributed by atoms with E-state index in [-0.39, 0.29) is 5.91 Å². The number of ether oxygens (including phenoxy) is 1. The molecule has 0 saturated carbocycles. The van der Waals surface area contributed by atoms with Crippen molar-refractivity contribution in [1.29, 1.82) is 0 Å². The fraction of sp³-hybridized carbons (Fsp3) is 0.167. The number of anilines is 1. The molecule has 0 aliphatic carbocycles. The standard InChI is InChI=1S/C24H23NO3S/c1-17(23(26)25-20-15-9-10-16-21(20)29-2)28-24(27)22(18-11-5-3-6-12-18)19-13-7-4-8-14-19/h3-17,22H,1-2H3,(H,25,26)/t17-/m1/s1. The molecule has 3 aromatic carbocycles. The molecule has 0 bridgehead atoms. The molecule has 1 atom stereocenters. The van der Waals surface area contributed by atoms with E-state index in [9.17, 15) is 9.59 Å². The molecule has 0 aromatic heterocycles. The molecule has 0 spiro atoms. The lowest BCUT2D eigenvalue weighted by Crippen LogP contribution is -2.32. The van der Waals surface area contributed by atoms with Crippen molar-refractivity contribution in [2.45, 2.75) is 23.8 Å². The predicted molar refractivity (Wildman–Crippen MR) is 117 cm³/mol. The van der Waals surface area contributed by atoms with Crippen molar-refractivity contribution in [2.75, 3.05) is 11.6 Å². The van der Waals surface area contributed by atoms with Crippen LogP contribution in [0.3, 0.4) is 0 Å². The van der Waals surface area contributed by atoms with Crippen LogP contribution in [-0.4, -0.2) is 24.2 Å². The Morgan fingerprint density at radius 1 is 0.828 bits per heavy atom. The second kappa shape index (κ2) is 9.94. The lowest BCUT2D eigenvalue weighted by molar-refractivity contribution is -0.153. The van der Waals surface area contributed by atoms with Crippen LogP contribution in [0.2, 0.25) is 0 Å². The summed E-state index contributed by atoms with van der Waals surface area (Å²) in [5, 5.41) is 2.85. The van der Waals surface area contributed by atoms with Gasteiger partial charge in [0.05, 0.1) is 5.69 Å². The van der Waals surface area contributed by atoms with Crippen LogP contribution in [0.1, 0.15) is 24.0 Å². The molecule has 0 saturated heterocycles. The quantitative estimate of drug-likeness (QED) is 0.438. The van der Waals surface area contributed by atoms with Crippen LogP contribution in [0.4, 0.5) is 5.69 Å². The molecule has 0 aliphatic heterocycles. The van der Waals surface area contributed by atoms with Crippen LogP contribution in [0.5, 0.6) is 0 Å². The number of rotatable bonds is 7. The van der Waals surface area contributed by atoms with Gasteiger partial charge in [-0.1, -0.05) is 72.8 Å². The molecule has 3 aromatic rings. The van der Waals surface area contributed by atoms with Crippen LogP contribution in [0.25, 0.3) is 0 Å². The third-order valence-corrected chi connectivity index (χ3v) is 5.32. The number of nitrogens with one attached hydrogen (secondary N) is 1. The largest absolute Gasteiger partial charge is 0.452 e. The van der Waals surface area contributed by atoms with Crippen molar-refractivity contribution in [3.63, 3.8) is 0 Å². The first kappa shape index (κ1) is 20.7. The predicted octanol–water partition coefficient (Wildman–Crippen LogP) is 5.11. The number of benzene rings is 3. The van der Waals surface area contributed by atoms with Crippen LogP contribution >= 0.6 is 11.8 Å². The summed E-state index contributed by atoms with van der Waals surface area (Å²) in [5.74, 6) is -1.41. The SMILES string of the molecule is CSc1ccccc1NC(=O)[C@@H](C)OC(=O)C(c1ccccc1)c1ccccc1. The van der Waals surface area contributed by atoms with Crippen LogP contribution in [0, 0.1) is 0 Å². The maximum atomic E-state index is 13.0. The Kier molecular flexibility index (Phi) is 7.09. The number of carbonyl (C=O) groups excluding carboxylic acids is 2. The van der Waals surface area contributed by atoms with Gasteiger partial charge in [-0.15, -0.1) is 11.8 Å². The first-order chi connectivity index (χ1) is 14.1. The first-order valence-corrected chi connectivity index (χ1v) is 10.6. The number of thioether (sulfide) groups is 1. The zero-order valence-electron chi connectivity index (χ0n) is 16.4. The number of carbonyl (C=O) groups is 2. The highest BCUT2D eigenvalue weighted by Gasteiger charge is 2.28. The third kappa shape index (κ3) is 5.27. The Balaban J connectivity index is 1.76. The Morgan fingerprint density at radius 3 is 1.90 bits per heavy atom. The van der Waals surface area contributed by atoms with E-state index in [1.54, 1.807) is 18.7 Å². The molecule has 3 rings (SSSR count). The molecule has 0 aliphatic rings. The van der Waals surface area contributed by atoms with Gasteiger partial charge >= 0.3 is 5.97 Å². The average Bonchev–Trinajstić information content (AvgIpc) is 2.75. The van der Waals surface area contributed by atoms with Gasteiger partial charge in [0.25, 0.3) is 5.91 Å². The van der Waals surface area contributed by atoms with Crippen molar-refractivity contribution in [3.8, 4) is 0 Å². The van der Waals surface area contributed by atoms with E-state index in [1.165, 1.54) is 0 Å². The van der Waals surface area contributed by atoms with Gasteiger partial charge in [0.15, 0.2) is 6.10 Å². The average molecular weight is 406 g/mol. The molecule has 4 nitrogen and oxygen atoms in total. The Morgan fingerprint density at radius 2 is 1.34 bits per heavy atom. The van der Waals surface area contributed by atoms with Crippen molar-refractivity contribution >= 4 is 29.3 Å². The Bertz CT molecular complexity index is 921. The van der Waals surface area contributed by atoms with Crippen LogP contribution in [-0.2, 0) is 14.3 Å². The number of para-hydroxylation sites is 1. The summed E-state index contributed by atoms with van der Waals surface area (Å²) in [5.41, 5.74) is 2.35. The van der Waals surface area contributed by atoms with Gasteiger partial charge < -0.3 is 10.1 Å². The lowest BCUT2D eigenvalue weighted by atomic mass is 9.91. The van der Waals surface area contributed by atoms with Crippen molar-refractivity contribution < 1.29 is 14.3 Å². The maximum absolute atomic E-state index is 13.0. The summed E-state index contributed by atoms with van der Waals surface area (Å²) in [6.07, 6.45) is 1.02. The second-order valence-corrected chi connectivity index (χ2v) is 7.37. The minimum Gasteiger partial charge on any atom is -0.452 e. The smallest absolute Gasteiger partial charge is 0.318 e.